The molecule has 0 spiro atoms. The smallest absolute Gasteiger partial charge is 0.255 e. The molecule has 2 heterocycles. The standard InChI is InChI=1S/C20H26N4O4/c1-15-4-3-5-16(10-15)12-21-18(25)13-24-19(26)11-17(14-27-2)22-20(24)23-6-8-28-9-7-23/h3-5,10-11H,6-9,12-14H2,1-2H3,(H,21,25). The zero-order valence-corrected chi connectivity index (χ0v) is 16.3. The number of benzene rings is 1. The van der Waals surface area contributed by atoms with E-state index in [1.54, 1.807) is 7.11 Å². The van der Waals surface area contributed by atoms with Crippen LogP contribution in [0.3, 0.4) is 0 Å². The number of morpholine rings is 1. The van der Waals surface area contributed by atoms with Gasteiger partial charge in [-0.15, -0.1) is 0 Å². The molecule has 8 heteroatoms. The summed E-state index contributed by atoms with van der Waals surface area (Å²) in [6, 6.07) is 9.36. The van der Waals surface area contributed by atoms with Crippen LogP contribution < -0.4 is 15.8 Å². The highest BCUT2D eigenvalue weighted by Crippen LogP contribution is 2.13. The van der Waals surface area contributed by atoms with E-state index in [4.69, 9.17) is 9.47 Å². The van der Waals surface area contributed by atoms with Crippen molar-refractivity contribution in [3.63, 3.8) is 0 Å². The Kier molecular flexibility index (Phi) is 6.78. The van der Waals surface area contributed by atoms with Gasteiger partial charge in [-0.05, 0) is 12.5 Å². The molecule has 1 fully saturated rings. The highest BCUT2D eigenvalue weighted by Gasteiger charge is 2.20. The molecular formula is C20H26N4O4. The number of carbonyl (C=O) groups is 1. The van der Waals surface area contributed by atoms with Gasteiger partial charge < -0.3 is 19.7 Å². The molecular weight excluding hydrogens is 360 g/mol. The first-order valence-electron chi connectivity index (χ1n) is 9.31. The van der Waals surface area contributed by atoms with Gasteiger partial charge in [-0.2, -0.15) is 0 Å². The minimum Gasteiger partial charge on any atom is -0.378 e. The van der Waals surface area contributed by atoms with Crippen molar-refractivity contribution >= 4 is 11.9 Å². The van der Waals surface area contributed by atoms with Crippen LogP contribution in [0.1, 0.15) is 16.8 Å². The second kappa shape index (κ2) is 9.48. The van der Waals surface area contributed by atoms with Gasteiger partial charge in [0.15, 0.2) is 0 Å². The first kappa shape index (κ1) is 20.0. The summed E-state index contributed by atoms with van der Waals surface area (Å²) in [6.07, 6.45) is 0. The van der Waals surface area contributed by atoms with Crippen LogP contribution in [-0.2, 0) is 34.0 Å². The van der Waals surface area contributed by atoms with Crippen LogP contribution in [-0.4, -0.2) is 48.9 Å². The summed E-state index contributed by atoms with van der Waals surface area (Å²) in [5, 5.41) is 2.88. The molecule has 1 aliphatic heterocycles. The molecule has 2 aromatic rings. The maximum Gasteiger partial charge on any atom is 0.255 e. The molecule has 28 heavy (non-hydrogen) atoms. The predicted molar refractivity (Wildman–Crippen MR) is 105 cm³/mol. The minimum absolute atomic E-state index is 0.0857. The fourth-order valence-corrected chi connectivity index (χ4v) is 3.14. The average molecular weight is 386 g/mol. The van der Waals surface area contributed by atoms with E-state index in [0.717, 1.165) is 11.1 Å². The second-order valence-electron chi connectivity index (χ2n) is 6.77. The van der Waals surface area contributed by atoms with Crippen LogP contribution in [0.2, 0.25) is 0 Å². The Morgan fingerprint density at radius 2 is 2.07 bits per heavy atom. The Labute approximate surface area is 164 Å². The van der Waals surface area contributed by atoms with E-state index in [1.807, 2.05) is 36.1 Å². The fourth-order valence-electron chi connectivity index (χ4n) is 3.14. The van der Waals surface area contributed by atoms with Crippen molar-refractivity contribution in [1.82, 2.24) is 14.9 Å². The predicted octanol–water partition coefficient (Wildman–Crippen LogP) is 0.851. The number of methoxy groups -OCH3 is 1. The third-order valence-electron chi connectivity index (χ3n) is 4.50. The minimum atomic E-state index is -0.269. The molecule has 0 atom stereocenters. The number of aryl methyl sites for hydroxylation is 1. The maximum atomic E-state index is 12.7. The van der Waals surface area contributed by atoms with Crippen molar-refractivity contribution in [3.8, 4) is 0 Å². The quantitative estimate of drug-likeness (QED) is 0.759. The van der Waals surface area contributed by atoms with Crippen LogP contribution in [0.25, 0.3) is 0 Å². The Morgan fingerprint density at radius 3 is 2.79 bits per heavy atom. The summed E-state index contributed by atoms with van der Waals surface area (Å²) in [7, 11) is 1.56. The summed E-state index contributed by atoms with van der Waals surface area (Å²) in [5.41, 5.74) is 2.43. The van der Waals surface area contributed by atoms with Crippen LogP contribution in [0.4, 0.5) is 5.95 Å². The van der Waals surface area contributed by atoms with E-state index >= 15 is 0 Å². The van der Waals surface area contributed by atoms with E-state index in [9.17, 15) is 9.59 Å². The second-order valence-corrected chi connectivity index (χ2v) is 6.77. The summed E-state index contributed by atoms with van der Waals surface area (Å²) in [4.78, 5) is 31.7. The monoisotopic (exact) mass is 386 g/mol. The third kappa shape index (κ3) is 5.17. The molecule has 0 bridgehead atoms. The highest BCUT2D eigenvalue weighted by molar-refractivity contribution is 5.76. The Hall–Kier alpha value is -2.71. The van der Waals surface area contributed by atoms with Crippen molar-refractivity contribution in [2.24, 2.45) is 0 Å². The van der Waals surface area contributed by atoms with Crippen molar-refractivity contribution in [1.29, 1.82) is 0 Å². The Balaban J connectivity index is 1.77. The lowest BCUT2D eigenvalue weighted by Gasteiger charge is -2.29. The number of nitrogens with one attached hydrogen (secondary N) is 1. The first-order chi connectivity index (χ1) is 13.6. The third-order valence-corrected chi connectivity index (χ3v) is 4.50. The summed E-state index contributed by atoms with van der Waals surface area (Å²) in [5.74, 6) is 0.243. The van der Waals surface area contributed by atoms with Gasteiger partial charge in [0.05, 0.1) is 25.5 Å². The number of nitrogens with zero attached hydrogens (tertiary/aromatic N) is 3. The van der Waals surface area contributed by atoms with Gasteiger partial charge in [-0.25, -0.2) is 4.98 Å². The van der Waals surface area contributed by atoms with E-state index in [2.05, 4.69) is 10.3 Å². The van der Waals surface area contributed by atoms with Crippen LogP contribution >= 0.6 is 0 Å². The van der Waals surface area contributed by atoms with Crippen molar-refractivity contribution in [2.75, 3.05) is 38.3 Å². The van der Waals surface area contributed by atoms with Gasteiger partial charge in [0.2, 0.25) is 11.9 Å². The molecule has 1 aromatic heterocycles. The van der Waals surface area contributed by atoms with Crippen LogP contribution in [0.5, 0.6) is 0 Å². The molecule has 1 N–H and O–H groups in total. The zero-order valence-electron chi connectivity index (χ0n) is 16.3. The van der Waals surface area contributed by atoms with Crippen molar-refractivity contribution in [2.45, 2.75) is 26.6 Å². The molecule has 0 radical (unpaired) electrons. The SMILES string of the molecule is COCc1cc(=O)n(CC(=O)NCc2cccc(C)c2)c(N2CCOCC2)n1. The first-order valence-corrected chi connectivity index (χ1v) is 9.31. The average Bonchev–Trinajstić information content (AvgIpc) is 2.69. The molecule has 150 valence electrons. The molecule has 1 amide bonds. The van der Waals surface area contributed by atoms with E-state index in [1.165, 1.54) is 10.6 Å². The van der Waals surface area contributed by atoms with Gasteiger partial charge in [-0.1, -0.05) is 29.8 Å². The number of hydrogen-bond donors (Lipinski definition) is 1. The lowest BCUT2D eigenvalue weighted by molar-refractivity contribution is -0.121. The molecule has 0 unspecified atom stereocenters. The number of aromatic nitrogens is 2. The van der Waals surface area contributed by atoms with Crippen LogP contribution in [0.15, 0.2) is 35.1 Å². The highest BCUT2D eigenvalue weighted by atomic mass is 16.5. The zero-order chi connectivity index (χ0) is 19.9. The number of carbonyl (C=O) groups excluding carboxylic acids is 1. The summed E-state index contributed by atoms with van der Waals surface area (Å²) >= 11 is 0. The number of amides is 1. The van der Waals surface area contributed by atoms with E-state index in [-0.39, 0.29) is 24.6 Å². The molecule has 1 aliphatic rings. The van der Waals surface area contributed by atoms with Crippen molar-refractivity contribution < 1.29 is 14.3 Å². The van der Waals surface area contributed by atoms with Gasteiger partial charge >= 0.3 is 0 Å². The largest absolute Gasteiger partial charge is 0.378 e. The topological polar surface area (TPSA) is 85.7 Å². The molecule has 1 aromatic carbocycles. The number of hydrogen-bond acceptors (Lipinski definition) is 6. The normalized spacial score (nSPS) is 14.1. The molecule has 0 saturated carbocycles. The molecule has 3 rings (SSSR count). The number of rotatable bonds is 7. The summed E-state index contributed by atoms with van der Waals surface area (Å²) < 4.78 is 11.9. The Bertz CT molecular complexity index is 875. The molecule has 1 saturated heterocycles. The number of ether oxygens (including phenoxy) is 2. The van der Waals surface area contributed by atoms with Gasteiger partial charge in [0.25, 0.3) is 5.56 Å². The molecule has 0 aliphatic carbocycles. The summed E-state index contributed by atoms with van der Waals surface area (Å²) in [6.45, 7) is 4.93. The Morgan fingerprint density at radius 1 is 1.29 bits per heavy atom. The lowest BCUT2D eigenvalue weighted by atomic mass is 10.1. The molecule has 8 nitrogen and oxygen atoms in total. The van der Waals surface area contributed by atoms with Gasteiger partial charge in [0.1, 0.15) is 6.54 Å². The maximum absolute atomic E-state index is 12.7. The van der Waals surface area contributed by atoms with Gasteiger partial charge in [0, 0.05) is 32.8 Å². The van der Waals surface area contributed by atoms with Crippen molar-refractivity contribution in [3.05, 3.63) is 57.5 Å². The van der Waals surface area contributed by atoms with E-state index in [0.29, 0.717) is 44.5 Å². The van der Waals surface area contributed by atoms with Gasteiger partial charge in [-0.3, -0.25) is 14.2 Å². The number of anilines is 1. The van der Waals surface area contributed by atoms with Crippen LogP contribution in [0, 0.1) is 6.92 Å². The fraction of sp³-hybridized carbons (Fsp3) is 0.450. The van der Waals surface area contributed by atoms with E-state index < -0.39 is 0 Å². The lowest BCUT2D eigenvalue weighted by Crippen LogP contribution is -2.42.